The number of nitrogens with zero attached hydrogens (tertiary/aromatic N) is 1. The van der Waals surface area contributed by atoms with Crippen molar-refractivity contribution in [2.45, 2.75) is 13.8 Å². The van der Waals surface area contributed by atoms with Gasteiger partial charge in [-0.3, -0.25) is 9.89 Å². The van der Waals surface area contributed by atoms with Gasteiger partial charge in [0.05, 0.1) is 11.8 Å². The maximum Gasteiger partial charge on any atom is 0.260 e. The zero-order chi connectivity index (χ0) is 10.8. The fourth-order valence-electron chi connectivity index (χ4n) is 1.22. The van der Waals surface area contributed by atoms with Gasteiger partial charge < -0.3 is 9.73 Å². The van der Waals surface area contributed by atoms with Gasteiger partial charge in [-0.25, -0.2) is 0 Å². The highest BCUT2D eigenvalue weighted by Gasteiger charge is 2.10. The summed E-state index contributed by atoms with van der Waals surface area (Å²) in [4.78, 5) is 11.7. The van der Waals surface area contributed by atoms with Crippen molar-refractivity contribution in [3.63, 3.8) is 0 Å². The predicted molar refractivity (Wildman–Crippen MR) is 54.7 cm³/mol. The van der Waals surface area contributed by atoms with Gasteiger partial charge >= 0.3 is 0 Å². The largest absolute Gasteiger partial charge is 0.469 e. The SMILES string of the molecule is Cc1cc(C(=O)Nc2[nH]ncc2C)co1. The molecule has 2 aromatic heterocycles. The Morgan fingerprint density at radius 3 is 2.87 bits per heavy atom. The van der Waals surface area contributed by atoms with Crippen LogP contribution in [-0.2, 0) is 0 Å². The van der Waals surface area contributed by atoms with Crippen molar-refractivity contribution in [1.82, 2.24) is 10.2 Å². The zero-order valence-corrected chi connectivity index (χ0v) is 8.50. The summed E-state index contributed by atoms with van der Waals surface area (Å²) in [7, 11) is 0. The highest BCUT2D eigenvalue weighted by atomic mass is 16.3. The van der Waals surface area contributed by atoms with E-state index < -0.39 is 0 Å². The van der Waals surface area contributed by atoms with E-state index in [0.29, 0.717) is 17.1 Å². The molecule has 78 valence electrons. The minimum atomic E-state index is -0.209. The normalized spacial score (nSPS) is 10.3. The third kappa shape index (κ3) is 1.90. The Hall–Kier alpha value is -2.04. The first-order valence-corrected chi connectivity index (χ1v) is 4.53. The first kappa shape index (κ1) is 9.51. The molecule has 15 heavy (non-hydrogen) atoms. The summed E-state index contributed by atoms with van der Waals surface area (Å²) in [6, 6.07) is 1.68. The third-order valence-corrected chi connectivity index (χ3v) is 2.06. The van der Waals surface area contributed by atoms with Gasteiger partial charge in [-0.2, -0.15) is 5.10 Å². The van der Waals surface area contributed by atoms with Crippen LogP contribution < -0.4 is 5.32 Å². The van der Waals surface area contributed by atoms with Crippen molar-refractivity contribution in [3.8, 4) is 0 Å². The number of rotatable bonds is 2. The molecule has 0 saturated heterocycles. The van der Waals surface area contributed by atoms with Crippen molar-refractivity contribution in [2.24, 2.45) is 0 Å². The molecule has 0 aliphatic rings. The number of aromatic nitrogens is 2. The Morgan fingerprint density at radius 1 is 1.53 bits per heavy atom. The molecule has 0 saturated carbocycles. The molecular formula is C10H11N3O2. The number of hydrogen-bond acceptors (Lipinski definition) is 3. The van der Waals surface area contributed by atoms with Crippen LogP contribution in [0, 0.1) is 13.8 Å². The molecule has 0 bridgehead atoms. The molecular weight excluding hydrogens is 194 g/mol. The number of carbonyl (C=O) groups is 1. The van der Waals surface area contributed by atoms with E-state index in [0.717, 1.165) is 5.56 Å². The molecule has 2 N–H and O–H groups in total. The number of H-pyrrole nitrogens is 1. The van der Waals surface area contributed by atoms with Gasteiger partial charge in [-0.1, -0.05) is 0 Å². The molecule has 0 unspecified atom stereocenters. The minimum Gasteiger partial charge on any atom is -0.469 e. The number of anilines is 1. The second-order valence-corrected chi connectivity index (χ2v) is 3.33. The van der Waals surface area contributed by atoms with Gasteiger partial charge in [0.25, 0.3) is 5.91 Å². The second-order valence-electron chi connectivity index (χ2n) is 3.33. The Kier molecular flexibility index (Phi) is 2.29. The van der Waals surface area contributed by atoms with Crippen molar-refractivity contribution >= 4 is 11.7 Å². The molecule has 5 nitrogen and oxygen atoms in total. The van der Waals surface area contributed by atoms with E-state index in [1.54, 1.807) is 19.2 Å². The molecule has 0 fully saturated rings. The highest BCUT2D eigenvalue weighted by Crippen LogP contribution is 2.12. The van der Waals surface area contributed by atoms with Gasteiger partial charge in [0, 0.05) is 5.56 Å². The summed E-state index contributed by atoms with van der Waals surface area (Å²) >= 11 is 0. The summed E-state index contributed by atoms with van der Waals surface area (Å²) < 4.78 is 5.05. The molecule has 0 atom stereocenters. The van der Waals surface area contributed by atoms with Gasteiger partial charge in [0.2, 0.25) is 0 Å². The average molecular weight is 205 g/mol. The van der Waals surface area contributed by atoms with Crippen molar-refractivity contribution in [3.05, 3.63) is 35.4 Å². The maximum absolute atomic E-state index is 11.7. The van der Waals surface area contributed by atoms with Crippen LogP contribution in [0.1, 0.15) is 21.7 Å². The quantitative estimate of drug-likeness (QED) is 0.786. The fraction of sp³-hybridized carbons (Fsp3) is 0.200. The van der Waals surface area contributed by atoms with E-state index in [1.807, 2.05) is 6.92 Å². The van der Waals surface area contributed by atoms with Gasteiger partial charge in [-0.05, 0) is 19.9 Å². The zero-order valence-electron chi connectivity index (χ0n) is 8.50. The summed E-state index contributed by atoms with van der Waals surface area (Å²) in [6.45, 7) is 3.65. The van der Waals surface area contributed by atoms with Crippen LogP contribution in [0.4, 0.5) is 5.82 Å². The molecule has 1 amide bonds. The number of amides is 1. The number of furan rings is 1. The van der Waals surface area contributed by atoms with Crippen molar-refractivity contribution < 1.29 is 9.21 Å². The third-order valence-electron chi connectivity index (χ3n) is 2.06. The predicted octanol–water partition coefficient (Wildman–Crippen LogP) is 1.87. The minimum absolute atomic E-state index is 0.209. The Balaban J connectivity index is 2.14. The summed E-state index contributed by atoms with van der Waals surface area (Å²) in [6.07, 6.45) is 3.08. The standard InChI is InChI=1S/C10H11N3O2/c1-6-4-11-13-9(6)12-10(14)8-3-7(2)15-5-8/h3-5H,1-2H3,(H2,11,12,13,14). The fourth-order valence-corrected chi connectivity index (χ4v) is 1.22. The Bertz CT molecular complexity index is 484. The lowest BCUT2D eigenvalue weighted by Gasteiger charge is -2.00. The van der Waals surface area contributed by atoms with Crippen LogP contribution in [0.15, 0.2) is 22.9 Å². The van der Waals surface area contributed by atoms with E-state index in [-0.39, 0.29) is 5.91 Å². The van der Waals surface area contributed by atoms with E-state index in [2.05, 4.69) is 15.5 Å². The molecule has 0 aliphatic heterocycles. The number of hydrogen-bond donors (Lipinski definition) is 2. The lowest BCUT2D eigenvalue weighted by molar-refractivity contribution is 0.102. The lowest BCUT2D eigenvalue weighted by atomic mass is 10.3. The van der Waals surface area contributed by atoms with Crippen LogP contribution >= 0.6 is 0 Å². The first-order valence-electron chi connectivity index (χ1n) is 4.53. The molecule has 0 radical (unpaired) electrons. The van der Waals surface area contributed by atoms with Crippen LogP contribution in [0.3, 0.4) is 0 Å². The average Bonchev–Trinajstić information content (AvgIpc) is 2.77. The molecule has 2 rings (SSSR count). The first-order chi connectivity index (χ1) is 7.16. The maximum atomic E-state index is 11.7. The van der Waals surface area contributed by atoms with Crippen molar-refractivity contribution in [1.29, 1.82) is 0 Å². The topological polar surface area (TPSA) is 70.9 Å². The molecule has 0 aliphatic carbocycles. The van der Waals surface area contributed by atoms with E-state index in [1.165, 1.54) is 6.26 Å². The smallest absolute Gasteiger partial charge is 0.260 e. The Morgan fingerprint density at radius 2 is 2.33 bits per heavy atom. The van der Waals surface area contributed by atoms with Crippen LogP contribution in [-0.4, -0.2) is 16.1 Å². The van der Waals surface area contributed by atoms with E-state index in [9.17, 15) is 4.79 Å². The van der Waals surface area contributed by atoms with Crippen LogP contribution in [0.2, 0.25) is 0 Å². The molecule has 2 heterocycles. The monoisotopic (exact) mass is 205 g/mol. The van der Waals surface area contributed by atoms with Gasteiger partial charge in [-0.15, -0.1) is 0 Å². The van der Waals surface area contributed by atoms with Crippen LogP contribution in [0.5, 0.6) is 0 Å². The number of aromatic amines is 1. The van der Waals surface area contributed by atoms with Crippen LogP contribution in [0.25, 0.3) is 0 Å². The van der Waals surface area contributed by atoms with E-state index in [4.69, 9.17) is 4.42 Å². The highest BCUT2D eigenvalue weighted by molar-refractivity contribution is 6.03. The van der Waals surface area contributed by atoms with E-state index >= 15 is 0 Å². The lowest BCUT2D eigenvalue weighted by Crippen LogP contribution is -2.11. The van der Waals surface area contributed by atoms with Gasteiger partial charge in [0.1, 0.15) is 17.8 Å². The van der Waals surface area contributed by atoms with Crippen molar-refractivity contribution in [2.75, 3.05) is 5.32 Å². The molecule has 2 aromatic rings. The molecule has 0 spiro atoms. The Labute approximate surface area is 86.5 Å². The van der Waals surface area contributed by atoms with Gasteiger partial charge in [0.15, 0.2) is 0 Å². The summed E-state index contributed by atoms with van der Waals surface area (Å²) in [5.74, 6) is 1.11. The molecule has 5 heteroatoms. The summed E-state index contributed by atoms with van der Waals surface area (Å²) in [5.41, 5.74) is 1.39. The second kappa shape index (κ2) is 3.61. The summed E-state index contributed by atoms with van der Waals surface area (Å²) in [5, 5.41) is 9.21. The number of aryl methyl sites for hydroxylation is 2. The number of carbonyl (C=O) groups excluding carboxylic acids is 1. The molecule has 0 aromatic carbocycles. The number of nitrogens with one attached hydrogen (secondary N) is 2.